The van der Waals surface area contributed by atoms with E-state index < -0.39 is 40.6 Å². The van der Waals surface area contributed by atoms with Crippen LogP contribution < -0.4 is 0 Å². The lowest BCUT2D eigenvalue weighted by Gasteiger charge is -2.16. The van der Waals surface area contributed by atoms with Crippen LogP contribution in [0.1, 0.15) is 30.5 Å². The van der Waals surface area contributed by atoms with Crippen molar-refractivity contribution in [2.75, 3.05) is 7.11 Å². The predicted octanol–water partition coefficient (Wildman–Crippen LogP) is 4.09. The van der Waals surface area contributed by atoms with Crippen LogP contribution in [0.2, 0.25) is 0 Å². The number of halogens is 6. The lowest BCUT2D eigenvalue weighted by Crippen LogP contribution is -2.30. The van der Waals surface area contributed by atoms with E-state index in [-0.39, 0.29) is 6.07 Å². The maximum atomic E-state index is 12.7. The van der Waals surface area contributed by atoms with E-state index in [0.29, 0.717) is 12.1 Å². The van der Waals surface area contributed by atoms with Crippen LogP contribution in [-0.4, -0.2) is 24.8 Å². The van der Waals surface area contributed by atoms with Crippen LogP contribution >= 0.6 is 0 Å². The normalized spacial score (nSPS) is 13.4. The predicted molar refractivity (Wildman–Crippen MR) is 70.1 cm³/mol. The van der Waals surface area contributed by atoms with Crippen LogP contribution in [0.4, 0.5) is 26.3 Å². The van der Waals surface area contributed by atoms with Gasteiger partial charge in [0.1, 0.15) is 0 Å². The summed E-state index contributed by atoms with van der Waals surface area (Å²) in [6.07, 6.45) is -9.11. The van der Waals surface area contributed by atoms with E-state index in [1.54, 1.807) is 0 Å². The van der Waals surface area contributed by atoms with Crippen molar-refractivity contribution in [3.05, 3.63) is 34.9 Å². The zero-order valence-corrected chi connectivity index (χ0v) is 12.3. The Morgan fingerprint density at radius 1 is 1.00 bits per heavy atom. The van der Waals surface area contributed by atoms with Gasteiger partial charge in [-0.25, -0.2) is 4.79 Å². The molecule has 0 atom stereocenters. The van der Waals surface area contributed by atoms with Gasteiger partial charge in [-0.1, -0.05) is 0 Å². The van der Waals surface area contributed by atoms with Gasteiger partial charge in [-0.2, -0.15) is 26.3 Å². The van der Waals surface area contributed by atoms with Crippen LogP contribution in [0.25, 0.3) is 0 Å². The summed E-state index contributed by atoms with van der Waals surface area (Å²) in [5.74, 6) is -0.781. The SMILES string of the molecule is COC(=O)C(C)(C)N=Cc1cc(C(F)(F)F)cc(C(F)(F)F)c1. The molecule has 0 heterocycles. The highest BCUT2D eigenvalue weighted by atomic mass is 19.4. The number of carbonyl (C=O) groups excluding carboxylic acids is 1. The van der Waals surface area contributed by atoms with Crippen molar-refractivity contribution < 1.29 is 35.9 Å². The number of nitrogens with zero attached hydrogens (tertiary/aromatic N) is 1. The molecule has 0 aliphatic carbocycles. The molecule has 0 aliphatic heterocycles. The molecule has 0 unspecified atom stereocenters. The second kappa shape index (κ2) is 6.21. The molecule has 0 aromatic heterocycles. The number of methoxy groups -OCH3 is 1. The largest absolute Gasteiger partial charge is 0.467 e. The van der Waals surface area contributed by atoms with E-state index >= 15 is 0 Å². The Hall–Kier alpha value is -2.06. The summed E-state index contributed by atoms with van der Waals surface area (Å²) in [6.45, 7) is 2.63. The van der Waals surface area contributed by atoms with Crippen molar-refractivity contribution in [2.24, 2.45) is 4.99 Å². The van der Waals surface area contributed by atoms with E-state index in [2.05, 4.69) is 9.73 Å². The summed E-state index contributed by atoms with van der Waals surface area (Å²) in [5.41, 5.74) is -4.78. The van der Waals surface area contributed by atoms with Gasteiger partial charge >= 0.3 is 18.3 Å². The maximum Gasteiger partial charge on any atom is 0.416 e. The highest BCUT2D eigenvalue weighted by molar-refractivity contribution is 5.86. The van der Waals surface area contributed by atoms with Crippen molar-refractivity contribution in [1.82, 2.24) is 0 Å². The molecule has 128 valence electrons. The number of esters is 1. The average Bonchev–Trinajstić information content (AvgIpc) is 2.42. The molecule has 0 N–H and O–H groups in total. The van der Waals surface area contributed by atoms with E-state index in [9.17, 15) is 31.1 Å². The summed E-state index contributed by atoms with van der Waals surface area (Å²) < 4.78 is 80.7. The molecular weight excluding hydrogens is 328 g/mol. The molecule has 0 spiro atoms. The first kappa shape index (κ1) is 19.0. The highest BCUT2D eigenvalue weighted by Gasteiger charge is 2.37. The molecule has 9 heteroatoms. The smallest absolute Gasteiger partial charge is 0.416 e. The zero-order valence-electron chi connectivity index (χ0n) is 12.3. The fourth-order valence-corrected chi connectivity index (χ4v) is 1.59. The standard InChI is InChI=1S/C14H13F6NO2/c1-12(2,11(22)23-3)21-7-8-4-9(13(15,16)17)6-10(5-8)14(18,19)20/h4-7H,1-3H3. The molecule has 1 aromatic rings. The van der Waals surface area contributed by atoms with Gasteiger partial charge in [0.25, 0.3) is 0 Å². The number of ether oxygens (including phenoxy) is 1. The monoisotopic (exact) mass is 341 g/mol. The van der Waals surface area contributed by atoms with Crippen molar-refractivity contribution in [3.8, 4) is 0 Å². The highest BCUT2D eigenvalue weighted by Crippen LogP contribution is 2.36. The zero-order chi connectivity index (χ0) is 18.1. The number of hydrogen-bond acceptors (Lipinski definition) is 3. The minimum atomic E-state index is -4.94. The molecule has 0 radical (unpaired) electrons. The first-order valence-corrected chi connectivity index (χ1v) is 6.20. The first-order valence-electron chi connectivity index (χ1n) is 6.20. The third kappa shape index (κ3) is 4.97. The molecule has 1 rings (SSSR count). The van der Waals surface area contributed by atoms with Crippen LogP contribution in [0.3, 0.4) is 0 Å². The number of rotatable bonds is 3. The van der Waals surface area contributed by atoms with Gasteiger partial charge < -0.3 is 4.74 Å². The van der Waals surface area contributed by atoms with E-state index in [1.165, 1.54) is 13.8 Å². The summed E-state index contributed by atoms with van der Waals surface area (Å²) in [5, 5.41) is 0. The Bertz CT molecular complexity index is 584. The van der Waals surface area contributed by atoms with E-state index in [0.717, 1.165) is 13.3 Å². The minimum Gasteiger partial charge on any atom is -0.467 e. The van der Waals surface area contributed by atoms with Gasteiger partial charge in [0.05, 0.1) is 18.2 Å². The summed E-state index contributed by atoms with van der Waals surface area (Å²) in [4.78, 5) is 15.1. The van der Waals surface area contributed by atoms with Gasteiger partial charge in [0.2, 0.25) is 0 Å². The molecule has 0 saturated carbocycles. The third-order valence-electron chi connectivity index (χ3n) is 2.83. The number of aliphatic imine (C=N–C) groups is 1. The Labute approximate surface area is 128 Å². The number of benzene rings is 1. The van der Waals surface area contributed by atoms with E-state index in [4.69, 9.17) is 0 Å². The van der Waals surface area contributed by atoms with Crippen molar-refractivity contribution in [3.63, 3.8) is 0 Å². The average molecular weight is 341 g/mol. The van der Waals surface area contributed by atoms with Gasteiger partial charge in [0, 0.05) is 6.21 Å². The molecule has 0 saturated heterocycles. The fourth-order valence-electron chi connectivity index (χ4n) is 1.59. The summed E-state index contributed by atoms with van der Waals surface area (Å²) in [6, 6.07) is 1.06. The third-order valence-corrected chi connectivity index (χ3v) is 2.83. The topological polar surface area (TPSA) is 38.7 Å². The molecule has 0 fully saturated rings. The number of carbonyl (C=O) groups is 1. The van der Waals surface area contributed by atoms with Crippen molar-refractivity contribution >= 4 is 12.2 Å². The van der Waals surface area contributed by atoms with Gasteiger partial charge in [-0.3, -0.25) is 4.99 Å². The number of alkyl halides is 6. The van der Waals surface area contributed by atoms with E-state index in [1.807, 2.05) is 0 Å². The quantitative estimate of drug-likeness (QED) is 0.472. The van der Waals surface area contributed by atoms with Crippen LogP contribution in [0, 0.1) is 0 Å². The Morgan fingerprint density at radius 2 is 1.43 bits per heavy atom. The Kier molecular flexibility index (Phi) is 5.13. The molecule has 1 aromatic carbocycles. The lowest BCUT2D eigenvalue weighted by atomic mass is 10.0. The number of hydrogen-bond donors (Lipinski definition) is 0. The minimum absolute atomic E-state index is 0.0167. The molecular formula is C14H13F6NO2. The van der Waals surface area contributed by atoms with Crippen LogP contribution in [0.5, 0.6) is 0 Å². The van der Waals surface area contributed by atoms with Crippen LogP contribution in [-0.2, 0) is 21.9 Å². The van der Waals surface area contributed by atoms with Gasteiger partial charge in [-0.05, 0) is 37.6 Å². The van der Waals surface area contributed by atoms with Crippen molar-refractivity contribution in [1.29, 1.82) is 0 Å². The van der Waals surface area contributed by atoms with Crippen LogP contribution in [0.15, 0.2) is 23.2 Å². The first-order chi connectivity index (χ1) is 10.3. The van der Waals surface area contributed by atoms with Gasteiger partial charge in [-0.15, -0.1) is 0 Å². The van der Waals surface area contributed by atoms with Gasteiger partial charge in [0.15, 0.2) is 5.54 Å². The molecule has 23 heavy (non-hydrogen) atoms. The summed E-state index contributed by atoms with van der Waals surface area (Å²) >= 11 is 0. The summed E-state index contributed by atoms with van der Waals surface area (Å²) in [7, 11) is 1.09. The second-order valence-electron chi connectivity index (χ2n) is 5.15. The molecule has 0 amide bonds. The molecule has 0 aliphatic rings. The lowest BCUT2D eigenvalue weighted by molar-refractivity contribution is -0.146. The van der Waals surface area contributed by atoms with Crippen molar-refractivity contribution in [2.45, 2.75) is 31.7 Å². The molecule has 3 nitrogen and oxygen atoms in total. The maximum absolute atomic E-state index is 12.7. The second-order valence-corrected chi connectivity index (χ2v) is 5.15. The Morgan fingerprint density at radius 3 is 1.78 bits per heavy atom. The Balaban J connectivity index is 3.34. The fraction of sp³-hybridized carbons (Fsp3) is 0.429. The molecule has 0 bridgehead atoms.